The number of fused-ring (bicyclic) bond motifs is 4. The summed E-state index contributed by atoms with van der Waals surface area (Å²) in [6, 6.07) is 11.3. The molecule has 7 nitrogen and oxygen atoms in total. The minimum atomic E-state index is -3.78. The summed E-state index contributed by atoms with van der Waals surface area (Å²) in [5.74, 6) is 0.341. The average Bonchev–Trinajstić information content (AvgIpc) is 3.02. The van der Waals surface area contributed by atoms with Gasteiger partial charge in [0.15, 0.2) is 0 Å². The number of carbonyl (C=O) groups excluding carboxylic acids is 1. The van der Waals surface area contributed by atoms with Gasteiger partial charge in [-0.3, -0.25) is 4.79 Å². The summed E-state index contributed by atoms with van der Waals surface area (Å²) in [6.07, 6.45) is 8.98. The zero-order valence-corrected chi connectivity index (χ0v) is 23.5. The Hall–Kier alpha value is -2.55. The van der Waals surface area contributed by atoms with Gasteiger partial charge < -0.3 is 14.7 Å². The Balaban J connectivity index is 1.42. The van der Waals surface area contributed by atoms with E-state index in [1.807, 2.05) is 18.2 Å². The molecule has 39 heavy (non-hydrogen) atoms. The lowest BCUT2D eigenvalue weighted by Gasteiger charge is -2.45. The summed E-state index contributed by atoms with van der Waals surface area (Å²) in [6.45, 7) is 1.93. The third-order valence-electron chi connectivity index (χ3n) is 9.03. The molecule has 1 fully saturated rings. The number of rotatable bonds is 0. The minimum Gasteiger partial charge on any atom is -0.490 e. The molecule has 2 heterocycles. The van der Waals surface area contributed by atoms with Crippen molar-refractivity contribution in [1.82, 2.24) is 4.72 Å². The second-order valence-corrected chi connectivity index (χ2v) is 13.9. The number of hydrogen-bond donors (Lipinski definition) is 2. The maximum atomic E-state index is 13.0. The van der Waals surface area contributed by atoms with E-state index in [-0.39, 0.29) is 22.6 Å². The number of halogens is 1. The first-order valence-electron chi connectivity index (χ1n) is 13.9. The quantitative estimate of drug-likeness (QED) is 0.449. The Bertz CT molecular complexity index is 1410. The van der Waals surface area contributed by atoms with Gasteiger partial charge in [-0.25, -0.2) is 13.1 Å². The fourth-order valence-corrected chi connectivity index (χ4v) is 8.07. The van der Waals surface area contributed by atoms with Crippen LogP contribution in [0.15, 0.2) is 48.6 Å². The van der Waals surface area contributed by atoms with E-state index in [0.717, 1.165) is 49.4 Å². The molecule has 2 aromatic carbocycles. The van der Waals surface area contributed by atoms with Crippen molar-refractivity contribution in [2.45, 2.75) is 56.5 Å². The number of aliphatic hydroxyl groups excluding tert-OH is 1. The van der Waals surface area contributed by atoms with Crippen LogP contribution in [0.4, 0.5) is 5.69 Å². The summed E-state index contributed by atoms with van der Waals surface area (Å²) >= 11 is 6.36. The minimum absolute atomic E-state index is 0.144. The van der Waals surface area contributed by atoms with Crippen molar-refractivity contribution in [2.24, 2.45) is 11.8 Å². The van der Waals surface area contributed by atoms with Gasteiger partial charge in [0.1, 0.15) is 5.75 Å². The number of aliphatic hydroxyl groups is 1. The van der Waals surface area contributed by atoms with Crippen LogP contribution in [0.5, 0.6) is 5.75 Å². The number of benzene rings is 2. The third-order valence-corrected chi connectivity index (χ3v) is 10.6. The van der Waals surface area contributed by atoms with Crippen LogP contribution in [-0.4, -0.2) is 51.0 Å². The van der Waals surface area contributed by atoms with E-state index in [4.69, 9.17) is 16.3 Å². The summed E-state index contributed by atoms with van der Waals surface area (Å²) in [5, 5.41) is 11.7. The highest BCUT2D eigenvalue weighted by atomic mass is 35.5. The van der Waals surface area contributed by atoms with Crippen molar-refractivity contribution < 1.29 is 23.1 Å². The number of carbonyl (C=O) groups is 1. The molecule has 0 aromatic heterocycles. The first-order chi connectivity index (χ1) is 18.7. The van der Waals surface area contributed by atoms with Crippen molar-refractivity contribution in [3.63, 3.8) is 0 Å². The van der Waals surface area contributed by atoms with E-state index in [1.165, 1.54) is 11.1 Å². The number of amides is 1. The van der Waals surface area contributed by atoms with Gasteiger partial charge in [0.25, 0.3) is 5.91 Å². The van der Waals surface area contributed by atoms with Gasteiger partial charge >= 0.3 is 0 Å². The van der Waals surface area contributed by atoms with Crippen LogP contribution in [0.2, 0.25) is 5.02 Å². The monoisotopic (exact) mass is 570 g/mol. The van der Waals surface area contributed by atoms with Crippen LogP contribution >= 0.6 is 11.6 Å². The summed E-state index contributed by atoms with van der Waals surface area (Å²) in [5.41, 5.74) is 3.35. The molecule has 1 saturated carbocycles. The predicted molar refractivity (Wildman–Crippen MR) is 152 cm³/mol. The Kier molecular flexibility index (Phi) is 7.14. The van der Waals surface area contributed by atoms with E-state index in [9.17, 15) is 18.3 Å². The third kappa shape index (κ3) is 5.31. The van der Waals surface area contributed by atoms with Crippen molar-refractivity contribution in [1.29, 1.82) is 0 Å². The molecule has 0 radical (unpaired) electrons. The Labute approximate surface area is 235 Å². The van der Waals surface area contributed by atoms with Crippen molar-refractivity contribution in [2.75, 3.05) is 30.3 Å². The van der Waals surface area contributed by atoms with Crippen LogP contribution in [0.25, 0.3) is 0 Å². The van der Waals surface area contributed by atoms with Crippen LogP contribution in [0.1, 0.15) is 60.0 Å². The topological polar surface area (TPSA) is 95.9 Å². The highest BCUT2D eigenvalue weighted by molar-refractivity contribution is 7.90. The van der Waals surface area contributed by atoms with Gasteiger partial charge in [0.05, 0.1) is 24.2 Å². The van der Waals surface area contributed by atoms with Crippen molar-refractivity contribution in [3.8, 4) is 5.75 Å². The van der Waals surface area contributed by atoms with Crippen LogP contribution in [0, 0.1) is 11.8 Å². The highest BCUT2D eigenvalue weighted by Gasteiger charge is 2.44. The van der Waals surface area contributed by atoms with E-state index < -0.39 is 22.0 Å². The van der Waals surface area contributed by atoms with Gasteiger partial charge in [0, 0.05) is 29.1 Å². The molecular weight excluding hydrogens is 536 g/mol. The van der Waals surface area contributed by atoms with E-state index in [0.29, 0.717) is 37.7 Å². The molecule has 1 spiro atoms. The zero-order chi connectivity index (χ0) is 27.2. The lowest BCUT2D eigenvalue weighted by molar-refractivity contribution is 0.0456. The molecule has 0 unspecified atom stereocenters. The normalized spacial score (nSPS) is 31.1. The standard InChI is InChI=1S/C30H35ClN2O5S/c31-23-9-11-25-20(15-23)5-4-13-30(25)18-33-17-22-7-10-24(22)27(34)6-2-1-3-14-39(36,37)32-29(35)21-8-12-28(38-19-30)26(33)16-21/h2,6,8-9,11-12,15-16,22,24,27,34H,1,3-5,7,10,13-14,17-19H2,(H,32,35)/b6-2-/t22-,24+,27-,30-/m0/s1. The molecule has 4 atom stereocenters. The molecule has 4 aliphatic rings. The van der Waals surface area contributed by atoms with Gasteiger partial charge in [-0.05, 0) is 98.2 Å². The zero-order valence-electron chi connectivity index (χ0n) is 21.9. The number of ether oxygens (including phenoxy) is 1. The average molecular weight is 571 g/mol. The molecule has 6 rings (SSSR count). The number of nitrogens with zero attached hydrogens (tertiary/aromatic N) is 1. The van der Waals surface area contributed by atoms with Crippen molar-refractivity contribution in [3.05, 3.63) is 70.3 Å². The molecule has 2 bridgehead atoms. The number of sulfonamides is 1. The molecule has 0 saturated heterocycles. The predicted octanol–water partition coefficient (Wildman–Crippen LogP) is 4.61. The fourth-order valence-electron chi connectivity index (χ4n) is 6.83. The van der Waals surface area contributed by atoms with Gasteiger partial charge in [-0.1, -0.05) is 29.8 Å². The number of nitrogens with one attached hydrogen (secondary N) is 1. The summed E-state index contributed by atoms with van der Waals surface area (Å²) in [7, 11) is -3.78. The largest absolute Gasteiger partial charge is 0.490 e. The summed E-state index contributed by atoms with van der Waals surface area (Å²) < 4.78 is 33.9. The van der Waals surface area contributed by atoms with Crippen LogP contribution in [0.3, 0.4) is 0 Å². The van der Waals surface area contributed by atoms with Gasteiger partial charge in [0.2, 0.25) is 10.0 Å². The first-order valence-corrected chi connectivity index (χ1v) is 16.0. The SMILES string of the molecule is O=C1NS(=O)(=O)CCC/C=C\[C@H](O)[C@@H]2CC[C@H]2CN2C[C@@]3(CCCc4cc(Cl)ccc43)COc3ccc1cc32. The van der Waals surface area contributed by atoms with E-state index >= 15 is 0 Å². The van der Waals surface area contributed by atoms with Gasteiger partial charge in [-0.15, -0.1) is 0 Å². The second kappa shape index (κ2) is 10.5. The first kappa shape index (κ1) is 26.7. The summed E-state index contributed by atoms with van der Waals surface area (Å²) in [4.78, 5) is 15.4. The van der Waals surface area contributed by atoms with Crippen LogP contribution < -0.4 is 14.4 Å². The molecule has 2 aromatic rings. The molecule has 1 amide bonds. The lowest BCUT2D eigenvalue weighted by Crippen LogP contribution is -2.49. The molecule has 2 N–H and O–H groups in total. The lowest BCUT2D eigenvalue weighted by atomic mass is 9.68. The van der Waals surface area contributed by atoms with E-state index in [1.54, 1.807) is 18.2 Å². The van der Waals surface area contributed by atoms with Gasteiger partial charge in [-0.2, -0.15) is 0 Å². The molecular formula is C30H35ClN2O5S. The fraction of sp³-hybridized carbons (Fsp3) is 0.500. The van der Waals surface area contributed by atoms with E-state index in [2.05, 4.69) is 21.8 Å². The molecule has 2 aliphatic carbocycles. The molecule has 2 aliphatic heterocycles. The molecule has 208 valence electrons. The number of aryl methyl sites for hydroxylation is 1. The Morgan fingerprint density at radius 2 is 2.00 bits per heavy atom. The Morgan fingerprint density at radius 3 is 2.82 bits per heavy atom. The maximum absolute atomic E-state index is 13.0. The number of allylic oxidation sites excluding steroid dienone is 1. The smallest absolute Gasteiger partial charge is 0.264 e. The highest BCUT2D eigenvalue weighted by Crippen LogP contribution is 2.46. The number of anilines is 1. The number of hydrogen-bond acceptors (Lipinski definition) is 6. The Morgan fingerprint density at radius 1 is 1.13 bits per heavy atom. The second-order valence-electron chi connectivity index (χ2n) is 11.6. The van der Waals surface area contributed by atoms with Crippen molar-refractivity contribution >= 4 is 33.2 Å². The molecule has 9 heteroatoms. The maximum Gasteiger partial charge on any atom is 0.264 e. The van der Waals surface area contributed by atoms with Crippen LogP contribution in [-0.2, 0) is 21.9 Å².